The van der Waals surface area contributed by atoms with E-state index in [1.54, 1.807) is 11.3 Å². The number of carbonyl (C=O) groups excluding carboxylic acids is 1. The van der Waals surface area contributed by atoms with Gasteiger partial charge < -0.3 is 10.1 Å². The maximum Gasteiger partial charge on any atom is 0.220 e. The van der Waals surface area contributed by atoms with E-state index in [0.717, 1.165) is 39.1 Å². The Morgan fingerprint density at radius 3 is 2.88 bits per heavy atom. The largest absolute Gasteiger partial charge is 0.379 e. The minimum Gasteiger partial charge on any atom is -0.379 e. The number of hydrogen-bond donors (Lipinski definition) is 1. The van der Waals surface area contributed by atoms with Gasteiger partial charge in [0.2, 0.25) is 5.91 Å². The maximum absolute atomic E-state index is 12.3. The molecule has 1 aromatic heterocycles. The Bertz CT molecular complexity index is 548. The second-order valence-corrected chi connectivity index (χ2v) is 8.64. The normalized spacial score (nSPS) is 27.2. The molecule has 1 N–H and O–H groups in total. The highest BCUT2D eigenvalue weighted by atomic mass is 32.1. The zero-order chi connectivity index (χ0) is 16.4. The van der Waals surface area contributed by atoms with Gasteiger partial charge in [-0.3, -0.25) is 9.69 Å². The van der Waals surface area contributed by atoms with Crippen molar-refractivity contribution < 1.29 is 9.53 Å². The van der Waals surface area contributed by atoms with Crippen LogP contribution >= 0.6 is 11.3 Å². The second kappa shape index (κ2) is 7.14. The summed E-state index contributed by atoms with van der Waals surface area (Å²) < 4.78 is 5.72. The van der Waals surface area contributed by atoms with Gasteiger partial charge in [0, 0.05) is 19.6 Å². The Morgan fingerprint density at radius 2 is 2.17 bits per heavy atom. The van der Waals surface area contributed by atoms with E-state index in [4.69, 9.17) is 4.74 Å². The van der Waals surface area contributed by atoms with Crippen molar-refractivity contribution in [3.05, 3.63) is 22.4 Å². The molecule has 1 spiro atoms. The summed E-state index contributed by atoms with van der Waals surface area (Å²) >= 11 is 1.78. The monoisotopic (exact) mass is 348 g/mol. The summed E-state index contributed by atoms with van der Waals surface area (Å²) in [4.78, 5) is 14.8. The minimum absolute atomic E-state index is 0.209. The van der Waals surface area contributed by atoms with E-state index >= 15 is 0 Å². The van der Waals surface area contributed by atoms with Crippen molar-refractivity contribution in [2.24, 2.45) is 11.3 Å². The fourth-order valence-electron chi connectivity index (χ4n) is 4.26. The standard InChI is InChI=1S/C19H28N2O2S/c22-18(11-15-1-2-15)20-17-13-23-9-6-19(17)4-7-21(8-5-19)12-16-3-10-24-14-16/h3,10,14-15,17H,1-2,4-9,11-13H2,(H,20,22)/t17-/m0/s1. The molecule has 4 nitrogen and oxygen atoms in total. The van der Waals surface area contributed by atoms with Crippen LogP contribution in [0.4, 0.5) is 0 Å². The van der Waals surface area contributed by atoms with Crippen LogP contribution in [0.25, 0.3) is 0 Å². The van der Waals surface area contributed by atoms with Crippen molar-refractivity contribution in [1.82, 2.24) is 10.2 Å². The van der Waals surface area contributed by atoms with E-state index in [1.807, 2.05) is 0 Å². The molecule has 132 valence electrons. The Labute approximate surface area is 148 Å². The lowest BCUT2D eigenvalue weighted by molar-refractivity contribution is -0.127. The summed E-state index contributed by atoms with van der Waals surface area (Å²) in [5, 5.41) is 7.74. The molecule has 0 radical (unpaired) electrons. The molecule has 1 atom stereocenters. The molecule has 0 unspecified atom stereocenters. The molecule has 1 amide bonds. The number of piperidine rings is 1. The topological polar surface area (TPSA) is 41.6 Å². The van der Waals surface area contributed by atoms with Gasteiger partial charge in [-0.2, -0.15) is 11.3 Å². The summed E-state index contributed by atoms with van der Waals surface area (Å²) in [5.41, 5.74) is 1.68. The van der Waals surface area contributed by atoms with Crippen LogP contribution in [-0.4, -0.2) is 43.2 Å². The number of ether oxygens (including phenoxy) is 1. The predicted octanol–water partition coefficient (Wildman–Crippen LogP) is 3.04. The highest BCUT2D eigenvalue weighted by Crippen LogP contribution is 2.41. The third-order valence-corrected chi connectivity index (χ3v) is 6.84. The van der Waals surface area contributed by atoms with Crippen molar-refractivity contribution in [3.63, 3.8) is 0 Å². The molecule has 1 aromatic rings. The SMILES string of the molecule is O=C(CC1CC1)N[C@H]1COCCC12CCN(Cc1ccsc1)CC2. The second-order valence-electron chi connectivity index (χ2n) is 7.86. The molecule has 1 aliphatic carbocycles. The van der Waals surface area contributed by atoms with E-state index in [9.17, 15) is 4.79 Å². The summed E-state index contributed by atoms with van der Waals surface area (Å²) in [6, 6.07) is 2.44. The Morgan fingerprint density at radius 1 is 1.33 bits per heavy atom. The molecule has 2 aliphatic heterocycles. The lowest BCUT2D eigenvalue weighted by Gasteiger charge is -2.49. The van der Waals surface area contributed by atoms with Crippen molar-refractivity contribution in [1.29, 1.82) is 0 Å². The number of hydrogen-bond acceptors (Lipinski definition) is 4. The minimum atomic E-state index is 0.209. The van der Waals surface area contributed by atoms with Crippen molar-refractivity contribution in [2.45, 2.75) is 51.1 Å². The van der Waals surface area contributed by atoms with Crippen molar-refractivity contribution >= 4 is 17.2 Å². The van der Waals surface area contributed by atoms with Gasteiger partial charge in [-0.1, -0.05) is 0 Å². The molecule has 3 heterocycles. The zero-order valence-corrected chi connectivity index (χ0v) is 15.2. The van der Waals surface area contributed by atoms with Crippen LogP contribution in [0.2, 0.25) is 0 Å². The molecule has 24 heavy (non-hydrogen) atoms. The van der Waals surface area contributed by atoms with E-state index in [0.29, 0.717) is 12.5 Å². The number of thiophene rings is 1. The molecular weight excluding hydrogens is 320 g/mol. The third-order valence-electron chi connectivity index (χ3n) is 6.11. The quantitative estimate of drug-likeness (QED) is 0.889. The highest BCUT2D eigenvalue weighted by Gasteiger charge is 2.44. The molecule has 5 heteroatoms. The van der Waals surface area contributed by atoms with Gasteiger partial charge in [0.1, 0.15) is 0 Å². The Kier molecular flexibility index (Phi) is 4.93. The lowest BCUT2D eigenvalue weighted by Crippen LogP contribution is -2.57. The van der Waals surface area contributed by atoms with Gasteiger partial charge in [0.25, 0.3) is 0 Å². The van der Waals surface area contributed by atoms with Crippen molar-refractivity contribution in [2.75, 3.05) is 26.3 Å². The Hall–Kier alpha value is -0.910. The number of rotatable bonds is 5. The van der Waals surface area contributed by atoms with Gasteiger partial charge in [0.15, 0.2) is 0 Å². The molecule has 0 bridgehead atoms. The van der Waals surface area contributed by atoms with Crippen LogP contribution in [0.1, 0.15) is 44.1 Å². The van der Waals surface area contributed by atoms with Crippen LogP contribution in [0.15, 0.2) is 16.8 Å². The first kappa shape index (κ1) is 16.6. The van der Waals surface area contributed by atoms with Gasteiger partial charge in [-0.15, -0.1) is 0 Å². The van der Waals surface area contributed by atoms with Crippen LogP contribution in [0, 0.1) is 11.3 Å². The summed E-state index contributed by atoms with van der Waals surface area (Å²) in [5.74, 6) is 0.894. The molecular formula is C19H28N2O2S. The number of nitrogens with zero attached hydrogens (tertiary/aromatic N) is 1. The number of carbonyl (C=O) groups is 1. The van der Waals surface area contributed by atoms with E-state index in [1.165, 1.54) is 31.2 Å². The Balaban J connectivity index is 1.34. The molecule has 3 fully saturated rings. The highest BCUT2D eigenvalue weighted by molar-refractivity contribution is 7.07. The van der Waals surface area contributed by atoms with Gasteiger partial charge in [-0.25, -0.2) is 0 Å². The average molecular weight is 349 g/mol. The van der Waals surface area contributed by atoms with E-state index in [-0.39, 0.29) is 17.4 Å². The third kappa shape index (κ3) is 3.84. The van der Waals surface area contributed by atoms with Gasteiger partial charge in [0.05, 0.1) is 12.6 Å². The average Bonchev–Trinajstić information content (AvgIpc) is 3.24. The first-order chi connectivity index (χ1) is 11.7. The van der Waals surface area contributed by atoms with Crippen molar-refractivity contribution in [3.8, 4) is 0 Å². The summed E-state index contributed by atoms with van der Waals surface area (Å²) in [7, 11) is 0. The van der Waals surface area contributed by atoms with E-state index in [2.05, 4.69) is 27.0 Å². The summed E-state index contributed by atoms with van der Waals surface area (Å²) in [6.45, 7) is 4.87. The lowest BCUT2D eigenvalue weighted by atomic mass is 9.69. The molecule has 1 saturated carbocycles. The maximum atomic E-state index is 12.3. The number of amides is 1. The first-order valence-electron chi connectivity index (χ1n) is 9.34. The first-order valence-corrected chi connectivity index (χ1v) is 10.3. The number of likely N-dealkylation sites (tertiary alicyclic amines) is 1. The van der Waals surface area contributed by atoms with E-state index < -0.39 is 0 Å². The molecule has 3 aliphatic rings. The van der Waals surface area contributed by atoms with Crippen LogP contribution in [0.5, 0.6) is 0 Å². The van der Waals surface area contributed by atoms with Gasteiger partial charge in [-0.05, 0) is 78.9 Å². The van der Waals surface area contributed by atoms with Crippen LogP contribution in [0.3, 0.4) is 0 Å². The zero-order valence-electron chi connectivity index (χ0n) is 14.3. The van der Waals surface area contributed by atoms with Crippen LogP contribution < -0.4 is 5.32 Å². The fraction of sp³-hybridized carbons (Fsp3) is 0.737. The molecule has 4 rings (SSSR count). The van der Waals surface area contributed by atoms with Gasteiger partial charge >= 0.3 is 0 Å². The smallest absolute Gasteiger partial charge is 0.220 e. The summed E-state index contributed by atoms with van der Waals surface area (Å²) in [6.07, 6.45) is 6.63. The number of nitrogens with one attached hydrogen (secondary N) is 1. The predicted molar refractivity (Wildman–Crippen MR) is 96.0 cm³/mol. The van der Waals surface area contributed by atoms with Crippen LogP contribution in [-0.2, 0) is 16.1 Å². The fourth-order valence-corrected chi connectivity index (χ4v) is 4.92. The molecule has 2 saturated heterocycles. The molecule has 0 aromatic carbocycles.